The smallest absolute Gasteiger partial charge is 0.137 e. The van der Waals surface area contributed by atoms with E-state index in [4.69, 9.17) is 4.42 Å². The van der Waals surface area contributed by atoms with Gasteiger partial charge in [0, 0.05) is 36.9 Å². The highest BCUT2D eigenvalue weighted by atomic mass is 32.1. The Morgan fingerprint density at radius 2 is 1.13 bits per heavy atom. The summed E-state index contributed by atoms with van der Waals surface area (Å²) in [6, 6.07) is 49.5. The van der Waals surface area contributed by atoms with Gasteiger partial charge in [0.15, 0.2) is 0 Å². The van der Waals surface area contributed by atoms with Crippen LogP contribution in [0, 0.1) is 0 Å². The number of hydrogen-bond acceptors (Lipinski definition) is 3. The van der Waals surface area contributed by atoms with Gasteiger partial charge in [0.2, 0.25) is 0 Å². The Morgan fingerprint density at radius 3 is 2.00 bits per heavy atom. The van der Waals surface area contributed by atoms with E-state index in [2.05, 4.69) is 132 Å². The molecule has 0 fully saturated rings. The second kappa shape index (κ2) is 8.87. The summed E-state index contributed by atoms with van der Waals surface area (Å²) in [7, 11) is 0. The highest BCUT2D eigenvalue weighted by molar-refractivity contribution is 7.25. The van der Waals surface area contributed by atoms with Gasteiger partial charge in [0.25, 0.3) is 0 Å². The van der Waals surface area contributed by atoms with Gasteiger partial charge in [-0.1, -0.05) is 91.0 Å². The second-order valence-corrected chi connectivity index (χ2v) is 10.9. The van der Waals surface area contributed by atoms with Gasteiger partial charge in [-0.25, -0.2) is 0 Å². The van der Waals surface area contributed by atoms with Crippen molar-refractivity contribution in [2.75, 3.05) is 4.90 Å². The number of para-hydroxylation sites is 1. The highest BCUT2D eigenvalue weighted by Gasteiger charge is 2.20. The highest BCUT2D eigenvalue weighted by Crippen LogP contribution is 2.45. The summed E-state index contributed by atoms with van der Waals surface area (Å²) in [5.41, 5.74) is 7.54. The van der Waals surface area contributed by atoms with Crippen molar-refractivity contribution in [3.8, 4) is 11.1 Å². The topological polar surface area (TPSA) is 16.4 Å². The number of hydrogen-bond donors (Lipinski definition) is 0. The lowest BCUT2D eigenvalue weighted by atomic mass is 10.0. The van der Waals surface area contributed by atoms with E-state index in [-0.39, 0.29) is 0 Å². The minimum atomic E-state index is 0.891. The minimum absolute atomic E-state index is 0.891. The monoisotopic (exact) mass is 517 g/mol. The molecule has 0 amide bonds. The Bertz CT molecular complexity index is 2120. The van der Waals surface area contributed by atoms with Crippen LogP contribution >= 0.6 is 11.3 Å². The van der Waals surface area contributed by atoms with E-state index in [0.29, 0.717) is 0 Å². The molecular formula is C36H23NOS. The Balaban J connectivity index is 1.37. The summed E-state index contributed by atoms with van der Waals surface area (Å²) in [6.45, 7) is 0. The van der Waals surface area contributed by atoms with Crippen LogP contribution < -0.4 is 4.90 Å². The Labute approximate surface area is 230 Å². The van der Waals surface area contributed by atoms with Crippen LogP contribution in [0.3, 0.4) is 0 Å². The molecule has 2 aromatic heterocycles. The molecule has 0 radical (unpaired) electrons. The predicted octanol–water partition coefficient (Wildman–Crippen LogP) is 11.1. The van der Waals surface area contributed by atoms with E-state index in [1.54, 1.807) is 0 Å². The lowest BCUT2D eigenvalue weighted by molar-refractivity contribution is 0.669. The van der Waals surface area contributed by atoms with Crippen molar-refractivity contribution in [2.24, 2.45) is 0 Å². The number of thiophene rings is 1. The van der Waals surface area contributed by atoms with Gasteiger partial charge in [0.1, 0.15) is 11.2 Å². The third-order valence-corrected chi connectivity index (χ3v) is 8.61. The van der Waals surface area contributed by atoms with Gasteiger partial charge in [-0.15, -0.1) is 11.3 Å². The molecule has 8 rings (SSSR count). The van der Waals surface area contributed by atoms with E-state index in [0.717, 1.165) is 39.0 Å². The van der Waals surface area contributed by atoms with Gasteiger partial charge in [0.05, 0.1) is 11.1 Å². The van der Waals surface area contributed by atoms with Crippen molar-refractivity contribution < 1.29 is 4.42 Å². The van der Waals surface area contributed by atoms with Crippen LogP contribution in [-0.4, -0.2) is 0 Å². The van der Waals surface area contributed by atoms with E-state index in [1.807, 2.05) is 23.5 Å². The first kappa shape index (κ1) is 22.2. The molecule has 2 nitrogen and oxygen atoms in total. The van der Waals surface area contributed by atoms with Crippen molar-refractivity contribution in [2.45, 2.75) is 0 Å². The summed E-state index contributed by atoms with van der Waals surface area (Å²) in [5, 5.41) is 4.85. The fourth-order valence-corrected chi connectivity index (χ4v) is 6.80. The Hall–Kier alpha value is -4.86. The fraction of sp³-hybridized carbons (Fsp3) is 0. The number of fused-ring (bicyclic) bond motifs is 6. The summed E-state index contributed by atoms with van der Waals surface area (Å²) >= 11 is 1.85. The van der Waals surface area contributed by atoms with Gasteiger partial charge in [-0.2, -0.15) is 0 Å². The molecule has 39 heavy (non-hydrogen) atoms. The average molecular weight is 518 g/mol. The number of benzene rings is 6. The molecule has 0 saturated carbocycles. The molecule has 184 valence electrons. The number of rotatable bonds is 4. The van der Waals surface area contributed by atoms with Crippen LogP contribution in [0.1, 0.15) is 0 Å². The maximum atomic E-state index is 6.28. The first-order valence-electron chi connectivity index (χ1n) is 13.1. The number of anilines is 3. The fourth-order valence-electron chi connectivity index (χ4n) is 5.66. The summed E-state index contributed by atoms with van der Waals surface area (Å²) < 4.78 is 8.87. The molecule has 0 spiro atoms. The number of furan rings is 1. The molecule has 3 heteroatoms. The summed E-state index contributed by atoms with van der Waals surface area (Å²) in [6.07, 6.45) is 0. The maximum Gasteiger partial charge on any atom is 0.137 e. The van der Waals surface area contributed by atoms with Gasteiger partial charge >= 0.3 is 0 Å². The van der Waals surface area contributed by atoms with E-state index in [1.165, 1.54) is 31.3 Å². The second-order valence-electron chi connectivity index (χ2n) is 9.78. The zero-order valence-corrected chi connectivity index (χ0v) is 21.9. The summed E-state index contributed by atoms with van der Waals surface area (Å²) in [4.78, 5) is 2.36. The van der Waals surface area contributed by atoms with Crippen LogP contribution in [0.15, 0.2) is 144 Å². The lowest BCUT2D eigenvalue weighted by Gasteiger charge is -2.26. The first-order valence-corrected chi connectivity index (χ1v) is 13.9. The van der Waals surface area contributed by atoms with Crippen LogP contribution in [0.25, 0.3) is 53.2 Å². The van der Waals surface area contributed by atoms with E-state index in [9.17, 15) is 0 Å². The minimum Gasteiger partial charge on any atom is -0.456 e. The van der Waals surface area contributed by atoms with E-state index >= 15 is 0 Å². The van der Waals surface area contributed by atoms with Crippen molar-refractivity contribution in [3.63, 3.8) is 0 Å². The van der Waals surface area contributed by atoms with Crippen molar-refractivity contribution in [1.82, 2.24) is 0 Å². The zero-order chi connectivity index (χ0) is 25.8. The molecular weight excluding hydrogens is 494 g/mol. The van der Waals surface area contributed by atoms with Gasteiger partial charge in [-0.05, 0) is 59.7 Å². The Morgan fingerprint density at radius 1 is 0.462 bits per heavy atom. The number of nitrogens with zero attached hydrogens (tertiary/aromatic N) is 1. The molecule has 0 aliphatic heterocycles. The molecule has 2 heterocycles. The molecule has 0 bridgehead atoms. The van der Waals surface area contributed by atoms with Gasteiger partial charge in [-0.3, -0.25) is 0 Å². The van der Waals surface area contributed by atoms with Crippen molar-refractivity contribution in [1.29, 1.82) is 0 Å². The lowest BCUT2D eigenvalue weighted by Crippen LogP contribution is -2.10. The SMILES string of the molecule is c1ccc(-c2ccc(N(c3ccc4c(c3)sc3ccccc34)c3cccc4oc5ccccc5c34)cc2)cc1. The molecule has 0 aliphatic carbocycles. The first-order chi connectivity index (χ1) is 19.3. The standard InChI is InChI=1S/C36H23NOS/c1-2-9-24(10-3-1)25-17-19-26(20-18-25)37(27-21-22-29-28-11-5-7-16-34(28)39-35(29)23-27)31-13-8-15-33-36(31)30-12-4-6-14-32(30)38-33/h1-23H. The normalized spacial score (nSPS) is 11.6. The van der Waals surface area contributed by atoms with Crippen molar-refractivity contribution in [3.05, 3.63) is 140 Å². The molecule has 0 saturated heterocycles. The predicted molar refractivity (Wildman–Crippen MR) is 167 cm³/mol. The maximum absolute atomic E-state index is 6.28. The zero-order valence-electron chi connectivity index (χ0n) is 21.0. The molecule has 0 atom stereocenters. The third kappa shape index (κ3) is 3.63. The molecule has 0 N–H and O–H groups in total. The van der Waals surface area contributed by atoms with Crippen LogP contribution in [-0.2, 0) is 0 Å². The summed E-state index contributed by atoms with van der Waals surface area (Å²) in [5.74, 6) is 0. The van der Waals surface area contributed by atoms with Crippen LogP contribution in [0.5, 0.6) is 0 Å². The quantitative estimate of drug-likeness (QED) is 0.231. The molecule has 0 unspecified atom stereocenters. The van der Waals surface area contributed by atoms with Crippen LogP contribution in [0.2, 0.25) is 0 Å². The van der Waals surface area contributed by atoms with Crippen LogP contribution in [0.4, 0.5) is 17.1 Å². The van der Waals surface area contributed by atoms with E-state index < -0.39 is 0 Å². The largest absolute Gasteiger partial charge is 0.456 e. The van der Waals surface area contributed by atoms with Crippen molar-refractivity contribution >= 4 is 70.5 Å². The molecule has 6 aromatic carbocycles. The van der Waals surface area contributed by atoms with Gasteiger partial charge < -0.3 is 9.32 Å². The Kier molecular flexibility index (Phi) is 5.04. The average Bonchev–Trinajstić information content (AvgIpc) is 3.56. The third-order valence-electron chi connectivity index (χ3n) is 7.47. The molecule has 0 aliphatic rings. The molecule has 8 aromatic rings.